The Morgan fingerprint density at radius 1 is 1.33 bits per heavy atom. The fourth-order valence-corrected chi connectivity index (χ4v) is 0.556. The van der Waals surface area contributed by atoms with E-state index < -0.39 is 0 Å². The maximum atomic E-state index is 4.72. The molecule has 0 radical (unpaired) electrons. The van der Waals surface area contributed by atoms with Gasteiger partial charge >= 0.3 is 0 Å². The summed E-state index contributed by atoms with van der Waals surface area (Å²) in [5.41, 5.74) is 0. The van der Waals surface area contributed by atoms with Crippen LogP contribution in [-0.4, -0.2) is 5.75 Å². The third kappa shape index (κ3) is 4.35. The zero-order chi connectivity index (χ0) is 4.83. The maximum Gasteiger partial charge on any atom is -0.0554 e. The minimum atomic E-state index is 0.938. The Balaban J connectivity index is 2.34. The van der Waals surface area contributed by atoms with Crippen LogP contribution in [0.25, 0.3) is 0 Å². The second kappa shape index (κ2) is 5.35. The van der Waals surface area contributed by atoms with E-state index in [0.29, 0.717) is 0 Å². The molecule has 0 aromatic carbocycles. The van der Waals surface area contributed by atoms with Crippen molar-refractivity contribution in [1.82, 2.24) is 0 Å². The zero-order valence-electron chi connectivity index (χ0n) is 4.24. The predicted octanol–water partition coefficient (Wildman–Crippen LogP) is 1.72. The molecule has 0 aliphatic rings. The van der Waals surface area contributed by atoms with Gasteiger partial charge in [-0.3, -0.25) is 0 Å². The van der Waals surface area contributed by atoms with Crippen molar-refractivity contribution < 1.29 is 0 Å². The Hall–Kier alpha value is 0.350. The van der Waals surface area contributed by atoms with Crippen molar-refractivity contribution in [2.24, 2.45) is 0 Å². The van der Waals surface area contributed by atoms with Crippen LogP contribution in [0.5, 0.6) is 0 Å². The number of hydrogen-bond donors (Lipinski definition) is 0. The van der Waals surface area contributed by atoms with Crippen molar-refractivity contribution in [1.29, 1.82) is 0 Å². The van der Waals surface area contributed by atoms with Crippen LogP contribution in [-0.2, 0) is 12.6 Å². The molecule has 0 unspecified atom stereocenters. The number of unbranched alkanes of at least 4 members (excludes halogenated alkanes) is 2. The summed E-state index contributed by atoms with van der Waals surface area (Å²) >= 11 is 4.72. The molecule has 0 aliphatic heterocycles. The Labute approximate surface area is 45.4 Å². The molecule has 1 heteroatoms. The van der Waals surface area contributed by atoms with E-state index in [9.17, 15) is 0 Å². The second-order valence-corrected chi connectivity index (χ2v) is 1.82. The predicted molar refractivity (Wildman–Crippen MR) is 31.8 cm³/mol. The van der Waals surface area contributed by atoms with Gasteiger partial charge in [-0.05, 0) is 0 Å². The fraction of sp³-hybridized carbons (Fsp3) is 1.00. The summed E-state index contributed by atoms with van der Waals surface area (Å²) in [7, 11) is 0. The van der Waals surface area contributed by atoms with Crippen LogP contribution in [0, 0.1) is 0 Å². The van der Waals surface area contributed by atoms with Crippen LogP contribution in [0.4, 0.5) is 0 Å². The summed E-state index contributed by atoms with van der Waals surface area (Å²) in [4.78, 5) is 0. The summed E-state index contributed by atoms with van der Waals surface area (Å²) in [6.45, 7) is 2.19. The molecular weight excluding hydrogens is 92.1 g/mol. The first-order valence-corrected chi connectivity index (χ1v) is 3.07. The van der Waals surface area contributed by atoms with Gasteiger partial charge < -0.3 is 12.6 Å². The van der Waals surface area contributed by atoms with E-state index in [2.05, 4.69) is 6.92 Å². The van der Waals surface area contributed by atoms with Crippen LogP contribution in [0.2, 0.25) is 0 Å². The van der Waals surface area contributed by atoms with Crippen molar-refractivity contribution in [3.8, 4) is 0 Å². The first-order valence-electron chi connectivity index (χ1n) is 2.50. The van der Waals surface area contributed by atoms with Gasteiger partial charge in [0, 0.05) is 0 Å². The highest BCUT2D eigenvalue weighted by atomic mass is 32.1. The SMILES string of the molecule is CCCCC[S-]. The van der Waals surface area contributed by atoms with Gasteiger partial charge in [0.2, 0.25) is 0 Å². The summed E-state index contributed by atoms with van der Waals surface area (Å²) in [6, 6.07) is 0. The third-order valence-electron chi connectivity index (χ3n) is 0.748. The summed E-state index contributed by atoms with van der Waals surface area (Å²) in [5.74, 6) is 0.938. The van der Waals surface area contributed by atoms with E-state index in [4.69, 9.17) is 12.6 Å². The van der Waals surface area contributed by atoms with Gasteiger partial charge in [-0.15, -0.1) is 0 Å². The molecule has 0 rings (SSSR count). The Morgan fingerprint density at radius 3 is 2.17 bits per heavy atom. The van der Waals surface area contributed by atoms with Crippen LogP contribution in [0.15, 0.2) is 0 Å². The lowest BCUT2D eigenvalue weighted by Gasteiger charge is -1.97. The van der Waals surface area contributed by atoms with E-state index in [1.165, 1.54) is 19.3 Å². The van der Waals surface area contributed by atoms with Gasteiger partial charge in [-0.2, -0.15) is 5.75 Å². The van der Waals surface area contributed by atoms with E-state index in [1.807, 2.05) is 0 Å². The first kappa shape index (κ1) is 6.35. The minimum Gasteiger partial charge on any atom is -0.793 e. The van der Waals surface area contributed by atoms with Crippen LogP contribution < -0.4 is 0 Å². The molecule has 0 fully saturated rings. The average molecular weight is 103 g/mol. The van der Waals surface area contributed by atoms with Gasteiger partial charge in [-0.25, -0.2) is 0 Å². The van der Waals surface area contributed by atoms with Crippen LogP contribution in [0.3, 0.4) is 0 Å². The smallest absolute Gasteiger partial charge is 0.0554 e. The molecule has 0 saturated carbocycles. The Kier molecular flexibility index (Phi) is 5.66. The third-order valence-corrected chi connectivity index (χ3v) is 1.04. The van der Waals surface area contributed by atoms with E-state index in [1.54, 1.807) is 0 Å². The molecule has 38 valence electrons. The lowest BCUT2D eigenvalue weighted by molar-refractivity contribution is 0.779. The van der Waals surface area contributed by atoms with Crippen molar-refractivity contribution >= 4 is 12.6 Å². The average Bonchev–Trinajstić information content (AvgIpc) is 1.61. The highest BCUT2D eigenvalue weighted by Gasteiger charge is 1.70. The van der Waals surface area contributed by atoms with Crippen molar-refractivity contribution in [3.63, 3.8) is 0 Å². The molecular formula is C5H11S-. The largest absolute Gasteiger partial charge is 0.793 e. The fourth-order valence-electron chi connectivity index (χ4n) is 0.352. The number of rotatable bonds is 3. The Morgan fingerprint density at radius 2 is 2.00 bits per heavy atom. The molecule has 6 heavy (non-hydrogen) atoms. The minimum absolute atomic E-state index is 0.938. The topological polar surface area (TPSA) is 0 Å². The summed E-state index contributed by atoms with van der Waals surface area (Å²) in [5, 5.41) is 0. The molecule has 0 aromatic heterocycles. The molecule has 0 spiro atoms. The second-order valence-electron chi connectivity index (χ2n) is 1.41. The van der Waals surface area contributed by atoms with Crippen molar-refractivity contribution in [3.05, 3.63) is 0 Å². The van der Waals surface area contributed by atoms with Crippen molar-refractivity contribution in [2.75, 3.05) is 5.75 Å². The lowest BCUT2D eigenvalue weighted by atomic mass is 10.3. The molecule has 0 nitrogen and oxygen atoms in total. The normalized spacial score (nSPS) is 9.00. The van der Waals surface area contributed by atoms with Gasteiger partial charge in [0.1, 0.15) is 0 Å². The lowest BCUT2D eigenvalue weighted by Crippen LogP contribution is -1.75. The maximum absolute atomic E-state index is 4.72. The molecule has 0 heterocycles. The summed E-state index contributed by atoms with van der Waals surface area (Å²) in [6.07, 6.45) is 3.83. The van der Waals surface area contributed by atoms with Crippen molar-refractivity contribution in [2.45, 2.75) is 26.2 Å². The van der Waals surface area contributed by atoms with Gasteiger partial charge in [0.05, 0.1) is 0 Å². The van der Waals surface area contributed by atoms with Gasteiger partial charge in [0.25, 0.3) is 0 Å². The number of hydrogen-bond acceptors (Lipinski definition) is 1. The van der Waals surface area contributed by atoms with Gasteiger partial charge in [-0.1, -0.05) is 26.2 Å². The molecule has 0 atom stereocenters. The highest BCUT2D eigenvalue weighted by molar-refractivity contribution is 7.58. The van der Waals surface area contributed by atoms with Crippen LogP contribution >= 0.6 is 0 Å². The molecule has 0 amide bonds. The standard InChI is InChI=1S/C5H12S/c1-2-3-4-5-6/h6H,2-5H2,1H3/p-1. The molecule has 0 aliphatic carbocycles. The van der Waals surface area contributed by atoms with E-state index in [0.717, 1.165) is 5.75 Å². The first-order chi connectivity index (χ1) is 2.91. The molecule has 0 aromatic rings. The van der Waals surface area contributed by atoms with Gasteiger partial charge in [0.15, 0.2) is 0 Å². The van der Waals surface area contributed by atoms with E-state index in [-0.39, 0.29) is 0 Å². The monoisotopic (exact) mass is 103 g/mol. The highest BCUT2D eigenvalue weighted by Crippen LogP contribution is 1.90. The zero-order valence-corrected chi connectivity index (χ0v) is 5.05. The molecule has 0 bridgehead atoms. The van der Waals surface area contributed by atoms with E-state index >= 15 is 0 Å². The molecule has 0 N–H and O–H groups in total. The summed E-state index contributed by atoms with van der Waals surface area (Å²) < 4.78 is 0. The van der Waals surface area contributed by atoms with Crippen LogP contribution in [0.1, 0.15) is 26.2 Å². The Bertz CT molecular complexity index is 15.9. The molecule has 0 saturated heterocycles. The quantitative estimate of drug-likeness (QED) is 0.387.